The number of aromatic nitrogens is 2. The average molecular weight is 1910 g/mol. The van der Waals surface area contributed by atoms with Gasteiger partial charge in [0.15, 0.2) is 0 Å². The number of primary amides is 1. The zero-order valence-corrected chi connectivity index (χ0v) is 78.9. The third-order valence-corrected chi connectivity index (χ3v) is 20.9. The lowest BCUT2D eigenvalue weighted by Crippen LogP contribution is -2.61. The van der Waals surface area contributed by atoms with E-state index in [9.17, 15) is 111 Å². The van der Waals surface area contributed by atoms with Crippen LogP contribution >= 0.6 is 23.5 Å². The first-order chi connectivity index (χ1) is 61.9. The van der Waals surface area contributed by atoms with Crippen LogP contribution in [0.25, 0.3) is 0 Å². The van der Waals surface area contributed by atoms with E-state index in [2.05, 4.69) is 116 Å². The lowest BCUT2D eigenvalue weighted by Gasteiger charge is -2.28. The molecule has 744 valence electrons. The highest BCUT2D eigenvalue weighted by Crippen LogP contribution is 2.14. The minimum atomic E-state index is -1.76. The van der Waals surface area contributed by atoms with Crippen molar-refractivity contribution in [1.82, 2.24) is 116 Å². The van der Waals surface area contributed by atoms with Crippen LogP contribution in [-0.2, 0) is 112 Å². The minimum Gasteiger partial charge on any atom is -0.480 e. The second-order valence-electron chi connectivity index (χ2n) is 32.5. The quantitative estimate of drug-likeness (QED) is 0.0269. The topological polar surface area (TPSA) is 789 Å². The summed E-state index contributed by atoms with van der Waals surface area (Å²) in [6, 6.07) is -21.9. The van der Waals surface area contributed by atoms with E-state index in [4.69, 9.17) is 28.0 Å². The molecule has 0 aliphatic rings. The van der Waals surface area contributed by atoms with Crippen LogP contribution in [0.1, 0.15) is 160 Å². The summed E-state index contributed by atoms with van der Waals surface area (Å²) >= 11 is 2.58. The van der Waals surface area contributed by atoms with Crippen LogP contribution in [0.15, 0.2) is 12.5 Å². The van der Waals surface area contributed by atoms with Crippen LogP contribution in [0.4, 0.5) is 0 Å². The number of carbonyl (C=O) groups is 22. The number of thioether (sulfide) groups is 2. The molecule has 0 fully saturated rings. The number of amides is 21. The van der Waals surface area contributed by atoms with Crippen molar-refractivity contribution in [2.24, 2.45) is 40.7 Å². The number of hydrogen-bond acceptors (Lipinski definition) is 29. The van der Waals surface area contributed by atoms with E-state index in [1.54, 1.807) is 54.1 Å². The molecule has 1 aromatic heterocycles. The third kappa shape index (κ3) is 46.8. The van der Waals surface area contributed by atoms with E-state index in [1.165, 1.54) is 84.5 Å². The minimum absolute atomic E-state index is 0.0238. The molecule has 0 radical (unpaired) electrons. The second-order valence-corrected chi connectivity index (χ2v) is 34.4. The number of aliphatic hydroxyl groups excluding tert-OH is 1. The molecule has 0 unspecified atom stereocenters. The molecular weight excluding hydrogens is 1770 g/mol. The van der Waals surface area contributed by atoms with Crippen LogP contribution < -0.4 is 129 Å². The number of carboxylic acids is 1. The van der Waals surface area contributed by atoms with Gasteiger partial charge in [-0.3, -0.25) is 105 Å². The summed E-state index contributed by atoms with van der Waals surface area (Å²) < 4.78 is 0. The summed E-state index contributed by atoms with van der Waals surface area (Å²) in [7, 11) is 0. The predicted molar refractivity (Wildman–Crippen MR) is 482 cm³/mol. The Kier molecular flexibility index (Phi) is 55.9. The summed E-state index contributed by atoms with van der Waals surface area (Å²) in [5, 5.41) is 67.8. The first-order valence-corrected chi connectivity index (χ1v) is 45.9. The van der Waals surface area contributed by atoms with Gasteiger partial charge in [0.1, 0.15) is 97.2 Å². The molecule has 0 aromatic carbocycles. The van der Waals surface area contributed by atoms with E-state index in [0.29, 0.717) is 25.8 Å². The van der Waals surface area contributed by atoms with Crippen molar-refractivity contribution in [3.8, 4) is 0 Å². The molecule has 1 heterocycles. The Morgan fingerprint density at radius 2 is 0.720 bits per heavy atom. The maximum Gasteiger partial charge on any atom is 0.322 e. The van der Waals surface area contributed by atoms with Gasteiger partial charge in [-0.05, 0) is 155 Å². The SMILES string of the molecule is CSCC[C@H](NC(=O)[C@H](Cc1c[nH]cn1)NC(=O)[C@H](CCCCN)NC(=O)[C@H](CCSC)NC(=O)[C@H](CC(N)=O)NC(=O)[C@@H](NC(=O)[C@@H](N)CCCCN)[C@@H](C)O)C(=O)N[C@@H](C)C(=O)NCC(=O)N[C@@H](C)C(=O)N[C@@H](C)C(=O)N[C@@H](C)C(=O)N[C@@H](C)C(=O)NCC(=O)N[C@@H](C)C(=O)N[C@H](C(=O)N[C@H](C(=O)NCC(=O)NCC(=O)N[C@@H](CC(C)C)C(=O)NCC(=O)O)C(C)C)C(C)C. The summed E-state index contributed by atoms with van der Waals surface area (Å²) in [5.41, 5.74) is 23.1. The average Bonchev–Trinajstić information content (AvgIpc) is 1.57. The number of rotatable bonds is 64. The van der Waals surface area contributed by atoms with Gasteiger partial charge >= 0.3 is 5.97 Å². The highest BCUT2D eigenvalue weighted by molar-refractivity contribution is 7.98. The molecule has 1 aromatic rings. The second kappa shape index (κ2) is 62.4. The highest BCUT2D eigenvalue weighted by atomic mass is 32.2. The van der Waals surface area contributed by atoms with Gasteiger partial charge in [0.05, 0.1) is 56.8 Å². The van der Waals surface area contributed by atoms with Gasteiger partial charge in [0.25, 0.3) is 0 Å². The molecule has 0 aliphatic heterocycles. The number of unbranched alkanes of at least 4 members (excludes halogenated alkanes) is 2. The van der Waals surface area contributed by atoms with Crippen molar-refractivity contribution in [3.05, 3.63) is 18.2 Å². The number of imidazole rings is 1. The molecule has 17 atom stereocenters. The van der Waals surface area contributed by atoms with Gasteiger partial charge in [-0.2, -0.15) is 23.5 Å². The molecule has 1 rings (SSSR count). The van der Waals surface area contributed by atoms with Crippen LogP contribution in [-0.4, -0.2) is 323 Å². The molecule has 0 aliphatic carbocycles. The van der Waals surface area contributed by atoms with Crippen LogP contribution in [0.3, 0.4) is 0 Å². The smallest absolute Gasteiger partial charge is 0.322 e. The maximum absolute atomic E-state index is 14.5. The number of aromatic amines is 1. The zero-order chi connectivity index (χ0) is 100. The molecule has 0 saturated heterocycles. The Bertz CT molecular complexity index is 4050. The number of H-pyrrole nitrogens is 1. The van der Waals surface area contributed by atoms with Crippen molar-refractivity contribution < 1.29 is 116 Å². The van der Waals surface area contributed by atoms with Gasteiger partial charge in [0, 0.05) is 12.6 Å². The lowest BCUT2D eigenvalue weighted by molar-refractivity contribution is -0.138. The number of aliphatic hydroxyl groups is 1. The Balaban J connectivity index is 2.98. The van der Waals surface area contributed by atoms with Crippen molar-refractivity contribution in [1.29, 1.82) is 0 Å². The van der Waals surface area contributed by atoms with Crippen LogP contribution in [0, 0.1) is 17.8 Å². The summed E-state index contributed by atoms with van der Waals surface area (Å²) in [6.45, 7) is 15.8. The number of hydrogen-bond donors (Lipinski definition) is 27. The van der Waals surface area contributed by atoms with Crippen molar-refractivity contribution >= 4 is 154 Å². The van der Waals surface area contributed by atoms with Crippen molar-refractivity contribution in [2.75, 3.05) is 69.8 Å². The largest absolute Gasteiger partial charge is 0.480 e. The number of carboxylic acid groups (broad SMARTS) is 1. The Hall–Kier alpha value is -11.9. The first kappa shape index (κ1) is 118. The van der Waals surface area contributed by atoms with Gasteiger partial charge in [-0.1, -0.05) is 48.0 Å². The molecule has 50 nitrogen and oxygen atoms in total. The normalized spacial score (nSPS) is 15.0. The van der Waals surface area contributed by atoms with Gasteiger partial charge in [0.2, 0.25) is 124 Å². The van der Waals surface area contributed by atoms with E-state index < -0.39 is 284 Å². The Morgan fingerprint density at radius 3 is 1.16 bits per heavy atom. The first-order valence-electron chi connectivity index (χ1n) is 43.1. The van der Waals surface area contributed by atoms with E-state index in [-0.39, 0.29) is 74.6 Å². The van der Waals surface area contributed by atoms with Gasteiger partial charge < -0.3 is 144 Å². The fourth-order valence-corrected chi connectivity index (χ4v) is 12.9. The molecule has 132 heavy (non-hydrogen) atoms. The monoisotopic (exact) mass is 1910 g/mol. The van der Waals surface area contributed by atoms with Crippen molar-refractivity contribution in [3.63, 3.8) is 0 Å². The van der Waals surface area contributed by atoms with E-state index >= 15 is 0 Å². The molecule has 31 N–H and O–H groups in total. The van der Waals surface area contributed by atoms with E-state index in [0.717, 1.165) is 0 Å². The predicted octanol–water partition coefficient (Wildman–Crippen LogP) is -10.3. The third-order valence-electron chi connectivity index (χ3n) is 19.6. The highest BCUT2D eigenvalue weighted by Gasteiger charge is 2.39. The standard InChI is InChI=1S/C80H138N26O24S2/c1-38(2)28-53(72(122)90-36-61(113)114)98-60(112)33-86-57(109)32-89-78(128)62(39(3)4)105-79(129)63(40(5)6)104-70(120)44(10)93-59(111)35-87-65(115)41(7)94-68(118)45(11)96-69(119)46(12)95-67(117)43(9)92-58(110)34-88-66(116)42(8)97-73(123)51(22-26-131-14)100-76(126)54(29-48-31-85-37-91-48)102-74(124)50(21-17-19-25-82)99-75(125)52(23-27-132-15)101-77(127)55(30-56(84)108)103-80(130)64(47(13)107)106-71(121)49(83)20-16-18-24-81/h31,37-47,49-55,62-64,107H,16-30,32-36,81-83H2,1-15H3,(H2,84,108)(H,85,91)(H,86,109)(H,87,115)(H,88,116)(H,89,128)(H,90,122)(H,92,110)(H,93,111)(H,94,118)(H,95,117)(H,96,119)(H,97,123)(H,98,112)(H,99,125)(H,100,126)(H,101,127)(H,102,124)(H,103,130)(H,104,120)(H,105,129)(H,106,121)(H,113,114)/t41-,42-,43-,44-,45-,46-,47+,49-,50-,51-,52-,53-,54-,55-,62-,63-,64-/m0/s1. The molecule has 52 heteroatoms. The Morgan fingerprint density at radius 1 is 0.364 bits per heavy atom. The van der Waals surface area contributed by atoms with Gasteiger partial charge in [-0.25, -0.2) is 4.98 Å². The summed E-state index contributed by atoms with van der Waals surface area (Å²) in [5.74, 6) is -20.7. The molecule has 0 saturated carbocycles. The number of aliphatic carboxylic acids is 1. The summed E-state index contributed by atoms with van der Waals surface area (Å²) in [6.07, 6.45) is 5.42. The molecule has 0 bridgehead atoms. The molecule has 0 spiro atoms. The fourth-order valence-electron chi connectivity index (χ4n) is 12.0. The number of carbonyl (C=O) groups excluding carboxylic acids is 21. The van der Waals surface area contributed by atoms with Crippen LogP contribution in [0.2, 0.25) is 0 Å². The molecular formula is C80H138N26O24S2. The molecule has 21 amide bonds. The number of nitrogens with two attached hydrogens (primary N) is 4. The number of nitrogens with one attached hydrogen (secondary N) is 21. The van der Waals surface area contributed by atoms with E-state index in [1.807, 2.05) is 0 Å². The lowest BCUT2D eigenvalue weighted by atomic mass is 9.99. The van der Waals surface area contributed by atoms with Gasteiger partial charge in [-0.15, -0.1) is 0 Å². The van der Waals surface area contributed by atoms with Crippen LogP contribution in [0.5, 0.6) is 0 Å². The number of nitrogens with zero attached hydrogens (tertiary/aromatic N) is 1. The van der Waals surface area contributed by atoms with Crippen molar-refractivity contribution in [2.45, 2.75) is 263 Å². The zero-order valence-electron chi connectivity index (χ0n) is 77.3. The summed E-state index contributed by atoms with van der Waals surface area (Å²) in [4.78, 5) is 298. The maximum atomic E-state index is 14.5. The fraction of sp³-hybridized carbons (Fsp3) is 0.688. The Labute approximate surface area is 774 Å².